The number of hydrogen-bond acceptors (Lipinski definition) is 2. The van der Waals surface area contributed by atoms with Crippen LogP contribution < -0.4 is 5.32 Å². The van der Waals surface area contributed by atoms with Gasteiger partial charge in [0.25, 0.3) is 0 Å². The minimum atomic E-state index is -4.31. The summed E-state index contributed by atoms with van der Waals surface area (Å²) >= 11 is 0. The standard InChI is InChI=1S/C14H14F3N3O/c15-14(16,17)7-6-13(21)18-9-11-8-12(20-19-11)10-4-2-1-3-5-10/h1-5,8H,6-7,9H2,(H,18,21)(H,19,20). The van der Waals surface area contributed by atoms with Crippen molar-refractivity contribution in [1.82, 2.24) is 15.5 Å². The van der Waals surface area contributed by atoms with Gasteiger partial charge in [-0.1, -0.05) is 30.3 Å². The van der Waals surface area contributed by atoms with E-state index in [1.54, 1.807) is 6.07 Å². The van der Waals surface area contributed by atoms with Crippen molar-refractivity contribution in [2.45, 2.75) is 25.6 Å². The fraction of sp³-hybridized carbons (Fsp3) is 0.286. The van der Waals surface area contributed by atoms with E-state index in [0.717, 1.165) is 11.3 Å². The molecule has 21 heavy (non-hydrogen) atoms. The molecule has 4 nitrogen and oxygen atoms in total. The van der Waals surface area contributed by atoms with Gasteiger partial charge in [-0.3, -0.25) is 9.89 Å². The smallest absolute Gasteiger partial charge is 0.350 e. The molecule has 1 amide bonds. The highest BCUT2D eigenvalue weighted by Gasteiger charge is 2.27. The van der Waals surface area contributed by atoms with E-state index in [9.17, 15) is 18.0 Å². The van der Waals surface area contributed by atoms with E-state index in [-0.39, 0.29) is 6.54 Å². The summed E-state index contributed by atoms with van der Waals surface area (Å²) in [7, 11) is 0. The molecule has 2 N–H and O–H groups in total. The lowest BCUT2D eigenvalue weighted by atomic mass is 10.1. The van der Waals surface area contributed by atoms with E-state index in [0.29, 0.717) is 5.69 Å². The van der Waals surface area contributed by atoms with Crippen LogP contribution in [0.4, 0.5) is 13.2 Å². The molecule has 0 bridgehead atoms. The number of halogens is 3. The number of rotatable bonds is 5. The number of amides is 1. The van der Waals surface area contributed by atoms with Crippen LogP contribution in [0.1, 0.15) is 18.5 Å². The number of carbonyl (C=O) groups excluding carboxylic acids is 1. The normalized spacial score (nSPS) is 11.4. The molecular weight excluding hydrogens is 283 g/mol. The first-order chi connectivity index (χ1) is 9.94. The van der Waals surface area contributed by atoms with Gasteiger partial charge in [0.1, 0.15) is 0 Å². The largest absolute Gasteiger partial charge is 0.389 e. The van der Waals surface area contributed by atoms with Crippen LogP contribution in [0.5, 0.6) is 0 Å². The molecule has 0 radical (unpaired) electrons. The first-order valence-corrected chi connectivity index (χ1v) is 6.37. The molecule has 0 saturated carbocycles. The number of H-pyrrole nitrogens is 1. The van der Waals surface area contributed by atoms with Crippen molar-refractivity contribution in [1.29, 1.82) is 0 Å². The number of nitrogens with one attached hydrogen (secondary N) is 2. The van der Waals surface area contributed by atoms with Gasteiger partial charge in [-0.15, -0.1) is 0 Å². The Kier molecular flexibility index (Phi) is 4.62. The number of nitrogens with zero attached hydrogens (tertiary/aromatic N) is 1. The Morgan fingerprint density at radius 3 is 2.62 bits per heavy atom. The van der Waals surface area contributed by atoms with Crippen LogP contribution in [0.25, 0.3) is 11.3 Å². The Morgan fingerprint density at radius 2 is 1.95 bits per heavy atom. The molecule has 0 atom stereocenters. The molecule has 0 aliphatic rings. The minimum absolute atomic E-state index is 0.122. The Hall–Kier alpha value is -2.31. The highest BCUT2D eigenvalue weighted by molar-refractivity contribution is 5.75. The van der Waals surface area contributed by atoms with E-state index in [1.165, 1.54) is 0 Å². The first-order valence-electron chi connectivity index (χ1n) is 6.37. The van der Waals surface area contributed by atoms with Crippen LogP contribution in [0, 0.1) is 0 Å². The summed E-state index contributed by atoms with van der Waals surface area (Å²) in [6.45, 7) is 0.122. The Balaban J connectivity index is 1.85. The lowest BCUT2D eigenvalue weighted by Crippen LogP contribution is -2.24. The Morgan fingerprint density at radius 1 is 1.24 bits per heavy atom. The molecule has 0 fully saturated rings. The maximum absolute atomic E-state index is 12.0. The van der Waals surface area contributed by atoms with Gasteiger partial charge in [-0.25, -0.2) is 0 Å². The molecule has 0 spiro atoms. The second-order valence-electron chi connectivity index (χ2n) is 4.54. The van der Waals surface area contributed by atoms with Crippen LogP contribution in [0.3, 0.4) is 0 Å². The predicted molar refractivity (Wildman–Crippen MR) is 71.2 cm³/mol. The molecule has 7 heteroatoms. The molecule has 0 aliphatic heterocycles. The monoisotopic (exact) mass is 297 g/mol. The maximum Gasteiger partial charge on any atom is 0.389 e. The van der Waals surface area contributed by atoms with Gasteiger partial charge >= 0.3 is 6.18 Å². The van der Waals surface area contributed by atoms with Crippen molar-refractivity contribution in [3.8, 4) is 11.3 Å². The fourth-order valence-corrected chi connectivity index (χ4v) is 1.75. The van der Waals surface area contributed by atoms with E-state index in [4.69, 9.17) is 0 Å². The summed E-state index contributed by atoms with van der Waals surface area (Å²) in [4.78, 5) is 11.3. The van der Waals surface area contributed by atoms with Gasteiger partial charge in [-0.05, 0) is 6.07 Å². The molecule has 1 heterocycles. The zero-order valence-corrected chi connectivity index (χ0v) is 11.1. The van der Waals surface area contributed by atoms with Gasteiger partial charge in [0.2, 0.25) is 5.91 Å². The number of benzene rings is 1. The average Bonchev–Trinajstić information content (AvgIpc) is 2.92. The third-order valence-corrected chi connectivity index (χ3v) is 2.81. The SMILES string of the molecule is O=C(CCC(F)(F)F)NCc1cc(-c2ccccc2)n[nH]1. The molecule has 0 saturated heterocycles. The van der Waals surface area contributed by atoms with Crippen molar-refractivity contribution in [2.75, 3.05) is 0 Å². The van der Waals surface area contributed by atoms with Crippen molar-refractivity contribution >= 4 is 5.91 Å². The van der Waals surface area contributed by atoms with E-state index in [2.05, 4.69) is 15.5 Å². The fourth-order valence-electron chi connectivity index (χ4n) is 1.75. The van der Waals surface area contributed by atoms with Crippen LogP contribution in [0.2, 0.25) is 0 Å². The summed E-state index contributed by atoms with van der Waals surface area (Å²) in [5.74, 6) is -0.636. The van der Waals surface area contributed by atoms with Gasteiger partial charge in [-0.2, -0.15) is 18.3 Å². The predicted octanol–water partition coefficient (Wildman–Crippen LogP) is 3.04. The van der Waals surface area contributed by atoms with Crippen LogP contribution in [0.15, 0.2) is 36.4 Å². The number of carbonyl (C=O) groups is 1. The molecule has 0 unspecified atom stereocenters. The average molecular weight is 297 g/mol. The third kappa shape index (κ3) is 4.94. The quantitative estimate of drug-likeness (QED) is 0.891. The topological polar surface area (TPSA) is 57.8 Å². The summed E-state index contributed by atoms with van der Waals surface area (Å²) in [5.41, 5.74) is 2.27. The Labute approximate surface area is 119 Å². The lowest BCUT2D eigenvalue weighted by molar-refractivity contribution is -0.144. The van der Waals surface area contributed by atoms with Crippen molar-refractivity contribution < 1.29 is 18.0 Å². The molecule has 1 aromatic heterocycles. The number of aromatic nitrogens is 2. The first kappa shape index (κ1) is 15.1. The molecule has 112 valence electrons. The van der Waals surface area contributed by atoms with Gasteiger partial charge in [0.15, 0.2) is 0 Å². The number of aromatic amines is 1. The lowest BCUT2D eigenvalue weighted by Gasteiger charge is -2.06. The van der Waals surface area contributed by atoms with Gasteiger partial charge in [0.05, 0.1) is 24.4 Å². The second-order valence-corrected chi connectivity index (χ2v) is 4.54. The van der Waals surface area contributed by atoms with E-state index in [1.807, 2.05) is 30.3 Å². The van der Waals surface area contributed by atoms with Gasteiger partial charge < -0.3 is 5.32 Å². The summed E-state index contributed by atoms with van der Waals surface area (Å²) in [6.07, 6.45) is -5.99. The number of alkyl halides is 3. The maximum atomic E-state index is 12.0. The summed E-state index contributed by atoms with van der Waals surface area (Å²) < 4.78 is 35.9. The second kappa shape index (κ2) is 6.43. The zero-order valence-electron chi connectivity index (χ0n) is 11.1. The zero-order chi connectivity index (χ0) is 15.3. The van der Waals surface area contributed by atoms with E-state index >= 15 is 0 Å². The molecule has 2 aromatic rings. The number of hydrogen-bond donors (Lipinski definition) is 2. The van der Waals surface area contributed by atoms with Crippen molar-refractivity contribution in [3.05, 3.63) is 42.1 Å². The Bertz CT molecular complexity index is 593. The van der Waals surface area contributed by atoms with E-state index < -0.39 is 24.9 Å². The minimum Gasteiger partial charge on any atom is -0.350 e. The van der Waals surface area contributed by atoms with Crippen LogP contribution in [-0.2, 0) is 11.3 Å². The molecular formula is C14H14F3N3O. The summed E-state index contributed by atoms with van der Waals surface area (Å²) in [6, 6.07) is 11.2. The molecule has 1 aromatic carbocycles. The van der Waals surface area contributed by atoms with Gasteiger partial charge in [0, 0.05) is 12.0 Å². The van der Waals surface area contributed by atoms with Crippen LogP contribution in [-0.4, -0.2) is 22.3 Å². The molecule has 0 aliphatic carbocycles. The summed E-state index contributed by atoms with van der Waals surface area (Å²) in [5, 5.41) is 9.26. The third-order valence-electron chi connectivity index (χ3n) is 2.81. The van der Waals surface area contributed by atoms with Crippen LogP contribution >= 0.6 is 0 Å². The molecule has 2 rings (SSSR count). The van der Waals surface area contributed by atoms with Crippen molar-refractivity contribution in [2.24, 2.45) is 0 Å². The highest BCUT2D eigenvalue weighted by Crippen LogP contribution is 2.21. The highest BCUT2D eigenvalue weighted by atomic mass is 19.4. The van der Waals surface area contributed by atoms with Crippen molar-refractivity contribution in [3.63, 3.8) is 0 Å².